The average Bonchev–Trinajstić information content (AvgIpc) is 2.51. The van der Waals surface area contributed by atoms with Gasteiger partial charge in [-0.2, -0.15) is 4.31 Å². The molecule has 2 aromatic rings. The minimum atomic E-state index is -3.75. The standard InChI is InChI=1S/C15H13BrClNO4S/c1-18(23(20,21)12-5-3-2-4-6-12)10-15(19)22-14-8-7-11(16)9-13(14)17/h2-9H,10H2,1H3. The highest BCUT2D eigenvalue weighted by Gasteiger charge is 2.23. The molecule has 0 aromatic heterocycles. The number of likely N-dealkylation sites (N-methyl/N-ethyl adjacent to an activating group) is 1. The highest BCUT2D eigenvalue weighted by molar-refractivity contribution is 9.10. The Hall–Kier alpha value is -1.41. The fourth-order valence-electron chi connectivity index (χ4n) is 1.75. The van der Waals surface area contributed by atoms with Crippen LogP contribution in [0.5, 0.6) is 5.75 Å². The minimum absolute atomic E-state index is 0.108. The van der Waals surface area contributed by atoms with E-state index in [9.17, 15) is 13.2 Å². The molecule has 0 bridgehead atoms. The first-order valence-corrected chi connectivity index (χ1v) is 9.09. The topological polar surface area (TPSA) is 63.7 Å². The first-order chi connectivity index (χ1) is 10.8. The number of rotatable bonds is 5. The summed E-state index contributed by atoms with van der Waals surface area (Å²) in [6, 6.07) is 12.6. The SMILES string of the molecule is CN(CC(=O)Oc1ccc(Br)cc1Cl)S(=O)(=O)c1ccccc1. The van der Waals surface area contributed by atoms with Gasteiger partial charge in [-0.15, -0.1) is 0 Å². The van der Waals surface area contributed by atoms with Gasteiger partial charge < -0.3 is 4.74 Å². The van der Waals surface area contributed by atoms with Gasteiger partial charge in [-0.05, 0) is 30.3 Å². The molecule has 5 nitrogen and oxygen atoms in total. The molecule has 0 heterocycles. The Morgan fingerprint density at radius 1 is 1.22 bits per heavy atom. The lowest BCUT2D eigenvalue weighted by Crippen LogP contribution is -2.34. The molecule has 2 aromatic carbocycles. The number of benzene rings is 2. The lowest BCUT2D eigenvalue weighted by atomic mass is 10.3. The molecule has 8 heteroatoms. The summed E-state index contributed by atoms with van der Waals surface area (Å²) >= 11 is 9.20. The number of sulfonamides is 1. The summed E-state index contributed by atoms with van der Waals surface area (Å²) in [6.45, 7) is -0.427. The van der Waals surface area contributed by atoms with Crippen LogP contribution >= 0.6 is 27.5 Å². The van der Waals surface area contributed by atoms with Crippen molar-refractivity contribution in [3.8, 4) is 5.75 Å². The Balaban J connectivity index is 2.08. The Kier molecular flexibility index (Phi) is 5.80. The van der Waals surface area contributed by atoms with E-state index in [0.29, 0.717) is 0 Å². The Morgan fingerprint density at radius 2 is 1.87 bits per heavy atom. The second-order valence-electron chi connectivity index (χ2n) is 4.62. The molecule has 23 heavy (non-hydrogen) atoms. The zero-order valence-corrected chi connectivity index (χ0v) is 15.2. The Bertz CT molecular complexity index is 811. The van der Waals surface area contributed by atoms with Gasteiger partial charge in [-0.3, -0.25) is 4.79 Å². The molecule has 0 amide bonds. The largest absolute Gasteiger partial charge is 0.424 e. The quantitative estimate of drug-likeness (QED) is 0.552. The van der Waals surface area contributed by atoms with Crippen molar-refractivity contribution in [1.82, 2.24) is 4.31 Å². The second-order valence-corrected chi connectivity index (χ2v) is 7.99. The maximum absolute atomic E-state index is 12.3. The van der Waals surface area contributed by atoms with E-state index in [2.05, 4.69) is 15.9 Å². The molecule has 0 spiro atoms. The summed E-state index contributed by atoms with van der Waals surface area (Å²) in [6.07, 6.45) is 0. The van der Waals surface area contributed by atoms with Crippen LogP contribution in [-0.2, 0) is 14.8 Å². The molecular weight excluding hydrogens is 406 g/mol. The van der Waals surface area contributed by atoms with Crippen LogP contribution in [0.25, 0.3) is 0 Å². The predicted molar refractivity (Wildman–Crippen MR) is 91.0 cm³/mol. The second kappa shape index (κ2) is 7.44. The number of esters is 1. The Morgan fingerprint density at radius 3 is 2.48 bits per heavy atom. The molecule has 0 N–H and O–H groups in total. The fourth-order valence-corrected chi connectivity index (χ4v) is 3.60. The van der Waals surface area contributed by atoms with E-state index in [4.69, 9.17) is 16.3 Å². The number of hydrogen-bond donors (Lipinski definition) is 0. The van der Waals surface area contributed by atoms with Crippen LogP contribution in [-0.4, -0.2) is 32.3 Å². The van der Waals surface area contributed by atoms with Gasteiger partial charge in [0.05, 0.1) is 9.92 Å². The van der Waals surface area contributed by atoms with Gasteiger partial charge in [0.2, 0.25) is 10.0 Å². The van der Waals surface area contributed by atoms with E-state index >= 15 is 0 Å². The first kappa shape index (κ1) is 17.9. The molecule has 0 fully saturated rings. The third-order valence-electron chi connectivity index (χ3n) is 2.92. The highest BCUT2D eigenvalue weighted by Crippen LogP contribution is 2.28. The third-order valence-corrected chi connectivity index (χ3v) is 5.53. The highest BCUT2D eigenvalue weighted by atomic mass is 79.9. The van der Waals surface area contributed by atoms with Crippen molar-refractivity contribution < 1.29 is 17.9 Å². The molecule has 122 valence electrons. The molecule has 2 rings (SSSR count). The van der Waals surface area contributed by atoms with Crippen molar-refractivity contribution in [2.24, 2.45) is 0 Å². The predicted octanol–water partition coefficient (Wildman–Crippen LogP) is 3.33. The van der Waals surface area contributed by atoms with Crippen molar-refractivity contribution in [3.05, 3.63) is 58.0 Å². The lowest BCUT2D eigenvalue weighted by molar-refractivity contribution is -0.134. The van der Waals surface area contributed by atoms with E-state index < -0.39 is 22.5 Å². The Labute approximate surface area is 148 Å². The van der Waals surface area contributed by atoms with Crippen molar-refractivity contribution >= 4 is 43.5 Å². The number of hydrogen-bond acceptors (Lipinski definition) is 4. The smallest absolute Gasteiger partial charge is 0.326 e. The minimum Gasteiger partial charge on any atom is -0.424 e. The summed E-state index contributed by atoms with van der Waals surface area (Å²) in [5.41, 5.74) is 0. The summed E-state index contributed by atoms with van der Waals surface area (Å²) in [7, 11) is -2.44. The number of carbonyl (C=O) groups excluding carboxylic acids is 1. The molecular formula is C15H13BrClNO4S. The van der Waals surface area contributed by atoms with E-state index in [1.165, 1.54) is 25.2 Å². The molecule has 0 saturated carbocycles. The van der Waals surface area contributed by atoms with Crippen LogP contribution in [0, 0.1) is 0 Å². The monoisotopic (exact) mass is 417 g/mol. The normalized spacial score (nSPS) is 11.5. The zero-order valence-electron chi connectivity index (χ0n) is 12.1. The summed E-state index contributed by atoms with van der Waals surface area (Å²) in [4.78, 5) is 12.0. The number of halogens is 2. The van der Waals surface area contributed by atoms with Crippen LogP contribution in [0.4, 0.5) is 0 Å². The maximum Gasteiger partial charge on any atom is 0.326 e. The molecule has 0 radical (unpaired) electrons. The molecule has 0 aliphatic rings. The van der Waals surface area contributed by atoms with Crippen LogP contribution in [0.15, 0.2) is 57.9 Å². The number of carbonyl (C=O) groups is 1. The van der Waals surface area contributed by atoms with Crippen LogP contribution in [0.2, 0.25) is 5.02 Å². The van der Waals surface area contributed by atoms with Crippen molar-refractivity contribution in [2.45, 2.75) is 4.90 Å². The zero-order chi connectivity index (χ0) is 17.0. The van der Waals surface area contributed by atoms with Crippen LogP contribution < -0.4 is 4.74 Å². The van der Waals surface area contributed by atoms with E-state index in [-0.39, 0.29) is 15.7 Å². The van der Waals surface area contributed by atoms with Crippen molar-refractivity contribution in [3.63, 3.8) is 0 Å². The molecule has 0 aliphatic carbocycles. The van der Waals surface area contributed by atoms with Gasteiger partial charge in [0.15, 0.2) is 0 Å². The van der Waals surface area contributed by atoms with Gasteiger partial charge in [0, 0.05) is 11.5 Å². The third kappa shape index (κ3) is 4.54. The van der Waals surface area contributed by atoms with Gasteiger partial charge in [0.1, 0.15) is 12.3 Å². The number of nitrogens with zero attached hydrogens (tertiary/aromatic N) is 1. The number of ether oxygens (including phenoxy) is 1. The van der Waals surface area contributed by atoms with E-state index in [0.717, 1.165) is 8.78 Å². The van der Waals surface area contributed by atoms with Crippen molar-refractivity contribution in [2.75, 3.05) is 13.6 Å². The molecule has 0 aliphatic heterocycles. The van der Waals surface area contributed by atoms with Crippen molar-refractivity contribution in [1.29, 1.82) is 0 Å². The molecule has 0 saturated heterocycles. The summed E-state index contributed by atoms with van der Waals surface area (Å²) < 4.78 is 31.4. The van der Waals surface area contributed by atoms with Crippen LogP contribution in [0.1, 0.15) is 0 Å². The van der Waals surface area contributed by atoms with Gasteiger partial charge in [-0.1, -0.05) is 45.7 Å². The summed E-state index contributed by atoms with van der Waals surface area (Å²) in [5, 5.41) is 0.251. The summed E-state index contributed by atoms with van der Waals surface area (Å²) in [5.74, 6) is -0.554. The average molecular weight is 419 g/mol. The lowest BCUT2D eigenvalue weighted by Gasteiger charge is -2.16. The first-order valence-electron chi connectivity index (χ1n) is 6.48. The van der Waals surface area contributed by atoms with E-state index in [1.54, 1.807) is 30.3 Å². The molecule has 0 atom stereocenters. The maximum atomic E-state index is 12.3. The molecule has 0 unspecified atom stereocenters. The van der Waals surface area contributed by atoms with Gasteiger partial charge in [-0.25, -0.2) is 8.42 Å². The fraction of sp³-hybridized carbons (Fsp3) is 0.133. The van der Waals surface area contributed by atoms with E-state index in [1.807, 2.05) is 0 Å². The van der Waals surface area contributed by atoms with Gasteiger partial charge >= 0.3 is 5.97 Å². The van der Waals surface area contributed by atoms with Crippen LogP contribution in [0.3, 0.4) is 0 Å². The van der Waals surface area contributed by atoms with Gasteiger partial charge in [0.25, 0.3) is 0 Å².